The highest BCUT2D eigenvalue weighted by Crippen LogP contribution is 2.18. The summed E-state index contributed by atoms with van der Waals surface area (Å²) in [5.74, 6) is -0.270. The van der Waals surface area contributed by atoms with Crippen molar-refractivity contribution in [1.82, 2.24) is 0 Å². The minimum Gasteiger partial charge on any atom is -0.370 e. The van der Waals surface area contributed by atoms with Crippen molar-refractivity contribution in [2.45, 2.75) is 6.92 Å². The van der Waals surface area contributed by atoms with Crippen LogP contribution in [-0.4, -0.2) is 18.2 Å². The van der Waals surface area contributed by atoms with Crippen LogP contribution in [0.1, 0.15) is 15.9 Å². The van der Waals surface area contributed by atoms with E-state index in [0.717, 1.165) is 5.56 Å². The van der Waals surface area contributed by atoms with Crippen LogP contribution in [-0.2, 0) is 0 Å². The minimum absolute atomic E-state index is 0.0908. The van der Waals surface area contributed by atoms with E-state index in [1.165, 1.54) is 0 Å². The molecule has 6 heteroatoms. The summed E-state index contributed by atoms with van der Waals surface area (Å²) in [6.45, 7) is 1.87. The molecule has 0 aliphatic rings. The zero-order valence-corrected chi connectivity index (χ0v) is 8.84. The first-order valence-electron chi connectivity index (χ1n) is 4.52. The van der Waals surface area contributed by atoms with Gasteiger partial charge in [0.2, 0.25) is 5.96 Å². The average Bonchev–Trinajstić information content (AvgIpc) is 2.19. The first kappa shape index (κ1) is 11.7. The van der Waals surface area contributed by atoms with Crippen molar-refractivity contribution in [2.75, 3.05) is 0 Å². The molecule has 0 saturated heterocycles. The number of aliphatic imine (C=N–C) groups is 2. The van der Waals surface area contributed by atoms with Crippen LogP contribution in [0.15, 0.2) is 28.2 Å². The molecule has 0 aliphatic heterocycles. The number of guanidine groups is 2. The number of carbonyl (C=O) groups excluding carboxylic acids is 1. The van der Waals surface area contributed by atoms with Crippen molar-refractivity contribution in [2.24, 2.45) is 27.2 Å². The molecule has 0 bridgehead atoms. The third-order valence-corrected chi connectivity index (χ3v) is 1.79. The van der Waals surface area contributed by atoms with Crippen LogP contribution in [0.4, 0.5) is 5.69 Å². The Bertz CT molecular complexity index is 460. The zero-order valence-electron chi connectivity index (χ0n) is 8.84. The van der Waals surface area contributed by atoms with Crippen molar-refractivity contribution in [3.05, 3.63) is 29.3 Å². The second kappa shape index (κ2) is 4.92. The van der Waals surface area contributed by atoms with Crippen molar-refractivity contribution in [3.8, 4) is 0 Å². The van der Waals surface area contributed by atoms with Gasteiger partial charge in [-0.2, -0.15) is 4.99 Å². The smallest absolute Gasteiger partial charge is 0.223 e. The molecule has 0 aliphatic carbocycles. The first-order chi connectivity index (χ1) is 7.52. The van der Waals surface area contributed by atoms with Crippen LogP contribution < -0.4 is 17.2 Å². The summed E-state index contributed by atoms with van der Waals surface area (Å²) >= 11 is 0. The molecular weight excluding hydrogens is 206 g/mol. The van der Waals surface area contributed by atoms with Gasteiger partial charge >= 0.3 is 0 Å². The maximum atomic E-state index is 10.8. The number of nitrogens with two attached hydrogens (primary N) is 3. The number of hydrogen-bond donors (Lipinski definition) is 3. The lowest BCUT2D eigenvalue weighted by atomic mass is 10.1. The normalized spacial score (nSPS) is 10.9. The number of rotatable bonds is 2. The number of aryl methyl sites for hydroxylation is 1. The van der Waals surface area contributed by atoms with Crippen molar-refractivity contribution in [3.63, 3.8) is 0 Å². The largest absolute Gasteiger partial charge is 0.370 e. The highest BCUT2D eigenvalue weighted by atomic mass is 16.1. The van der Waals surface area contributed by atoms with Gasteiger partial charge in [-0.1, -0.05) is 11.6 Å². The molecule has 0 atom stereocenters. The Morgan fingerprint density at radius 2 is 2.00 bits per heavy atom. The van der Waals surface area contributed by atoms with Gasteiger partial charge in [0.15, 0.2) is 12.2 Å². The summed E-state index contributed by atoms with van der Waals surface area (Å²) < 4.78 is 0. The van der Waals surface area contributed by atoms with E-state index >= 15 is 0 Å². The molecule has 0 radical (unpaired) electrons. The maximum Gasteiger partial charge on any atom is 0.223 e. The highest BCUT2D eigenvalue weighted by molar-refractivity contribution is 5.95. The summed E-state index contributed by atoms with van der Waals surface area (Å²) in [4.78, 5) is 18.3. The monoisotopic (exact) mass is 219 g/mol. The number of benzene rings is 1. The van der Waals surface area contributed by atoms with Gasteiger partial charge < -0.3 is 17.2 Å². The maximum absolute atomic E-state index is 10.8. The average molecular weight is 219 g/mol. The predicted molar refractivity (Wildman–Crippen MR) is 63.7 cm³/mol. The van der Waals surface area contributed by atoms with E-state index in [-0.39, 0.29) is 11.9 Å². The Morgan fingerprint density at radius 1 is 1.31 bits per heavy atom. The van der Waals surface area contributed by atoms with Crippen LogP contribution in [0.25, 0.3) is 0 Å². The second-order valence-electron chi connectivity index (χ2n) is 3.19. The molecule has 16 heavy (non-hydrogen) atoms. The van der Waals surface area contributed by atoms with Gasteiger partial charge in [-0.3, -0.25) is 4.79 Å². The van der Waals surface area contributed by atoms with Crippen molar-refractivity contribution >= 4 is 23.9 Å². The van der Waals surface area contributed by atoms with E-state index in [1.807, 2.05) is 13.0 Å². The Kier molecular flexibility index (Phi) is 3.60. The highest BCUT2D eigenvalue weighted by Gasteiger charge is 2.01. The minimum atomic E-state index is -0.180. The predicted octanol–water partition coefficient (Wildman–Crippen LogP) is 0.0271. The summed E-state index contributed by atoms with van der Waals surface area (Å²) in [5.41, 5.74) is 17.6. The van der Waals surface area contributed by atoms with Crippen molar-refractivity contribution in [1.29, 1.82) is 0 Å². The van der Waals surface area contributed by atoms with E-state index in [4.69, 9.17) is 17.2 Å². The molecule has 1 rings (SSSR count). The molecule has 0 heterocycles. The van der Waals surface area contributed by atoms with E-state index in [9.17, 15) is 4.79 Å². The van der Waals surface area contributed by atoms with Gasteiger partial charge in [0.25, 0.3) is 0 Å². The fourth-order valence-electron chi connectivity index (χ4n) is 1.15. The van der Waals surface area contributed by atoms with E-state index in [0.29, 0.717) is 17.5 Å². The number of aldehydes is 1. The Labute approximate surface area is 92.9 Å². The number of hydrogen-bond acceptors (Lipinski definition) is 2. The van der Waals surface area contributed by atoms with Gasteiger partial charge in [-0.05, 0) is 19.1 Å². The molecule has 0 fully saturated rings. The molecule has 1 aromatic carbocycles. The number of carbonyl (C=O) groups is 1. The standard InChI is InChI=1S/C10H13N5O/c1-6-2-3-8(7(4-6)5-16)14-10(13)15-9(11)12/h2-5H,1H3,(H6,11,12,13,14,15). The molecule has 0 saturated carbocycles. The van der Waals surface area contributed by atoms with Crippen LogP contribution in [0.3, 0.4) is 0 Å². The Balaban J connectivity index is 3.14. The summed E-state index contributed by atoms with van der Waals surface area (Å²) in [5, 5.41) is 0. The van der Waals surface area contributed by atoms with Crippen LogP contribution >= 0.6 is 0 Å². The zero-order chi connectivity index (χ0) is 12.1. The van der Waals surface area contributed by atoms with Gasteiger partial charge in [0.05, 0.1) is 5.69 Å². The lowest BCUT2D eigenvalue weighted by molar-refractivity contribution is 0.112. The third kappa shape index (κ3) is 3.09. The Hall–Kier alpha value is -2.37. The van der Waals surface area contributed by atoms with Gasteiger partial charge in [-0.15, -0.1) is 0 Å². The quantitative estimate of drug-likeness (QED) is 0.369. The van der Waals surface area contributed by atoms with E-state index < -0.39 is 0 Å². The van der Waals surface area contributed by atoms with E-state index in [1.54, 1.807) is 12.1 Å². The van der Waals surface area contributed by atoms with Crippen LogP contribution in [0, 0.1) is 6.92 Å². The summed E-state index contributed by atoms with van der Waals surface area (Å²) in [6.07, 6.45) is 0.703. The van der Waals surface area contributed by atoms with Gasteiger partial charge in [0.1, 0.15) is 0 Å². The fourth-order valence-corrected chi connectivity index (χ4v) is 1.15. The molecule has 6 nitrogen and oxygen atoms in total. The number of nitrogens with zero attached hydrogens (tertiary/aromatic N) is 2. The van der Waals surface area contributed by atoms with Gasteiger partial charge in [-0.25, -0.2) is 4.99 Å². The molecular formula is C10H13N5O. The molecule has 0 unspecified atom stereocenters. The Morgan fingerprint density at radius 3 is 2.56 bits per heavy atom. The lowest BCUT2D eigenvalue weighted by Gasteiger charge is -2.01. The topological polar surface area (TPSA) is 120 Å². The van der Waals surface area contributed by atoms with Crippen LogP contribution in [0.5, 0.6) is 0 Å². The molecule has 0 amide bonds. The second-order valence-corrected chi connectivity index (χ2v) is 3.19. The molecule has 6 N–H and O–H groups in total. The molecule has 1 aromatic rings. The SMILES string of the molecule is Cc1ccc(N=C(N)N=C(N)N)c(C=O)c1. The molecule has 0 spiro atoms. The summed E-state index contributed by atoms with van der Waals surface area (Å²) in [7, 11) is 0. The molecule has 0 aromatic heterocycles. The fraction of sp³-hybridized carbons (Fsp3) is 0.100. The van der Waals surface area contributed by atoms with Crippen LogP contribution in [0.2, 0.25) is 0 Å². The lowest BCUT2D eigenvalue weighted by Crippen LogP contribution is -2.26. The first-order valence-corrected chi connectivity index (χ1v) is 4.52. The third-order valence-electron chi connectivity index (χ3n) is 1.79. The molecule has 84 valence electrons. The summed E-state index contributed by atoms with van der Waals surface area (Å²) in [6, 6.07) is 5.19. The van der Waals surface area contributed by atoms with Gasteiger partial charge in [0, 0.05) is 5.56 Å². The van der Waals surface area contributed by atoms with E-state index in [2.05, 4.69) is 9.98 Å². The van der Waals surface area contributed by atoms with Crippen molar-refractivity contribution < 1.29 is 4.79 Å².